The average molecular weight is 312 g/mol. The van der Waals surface area contributed by atoms with Crippen molar-refractivity contribution in [3.8, 4) is 0 Å². The average Bonchev–Trinajstić information content (AvgIpc) is 2.95. The van der Waals surface area contributed by atoms with Gasteiger partial charge in [0.15, 0.2) is 0 Å². The maximum Gasteiger partial charge on any atom is 0.145 e. The normalized spacial score (nSPS) is 12.6. The van der Waals surface area contributed by atoms with Crippen molar-refractivity contribution in [3.63, 3.8) is 0 Å². The quantitative estimate of drug-likeness (QED) is 0.782. The molecule has 2 aromatic rings. The van der Waals surface area contributed by atoms with Gasteiger partial charge in [0.05, 0.1) is 5.02 Å². The molecular weight excluding hydrogens is 293 g/mol. The molecule has 0 aliphatic rings. The zero-order valence-electron chi connectivity index (χ0n) is 11.5. The molecule has 0 spiro atoms. The summed E-state index contributed by atoms with van der Waals surface area (Å²) in [4.78, 5) is 1.41. The molecule has 0 saturated heterocycles. The van der Waals surface area contributed by atoms with E-state index in [1.807, 2.05) is 13.1 Å². The Morgan fingerprint density at radius 2 is 2.15 bits per heavy atom. The molecule has 0 aliphatic carbocycles. The van der Waals surface area contributed by atoms with E-state index in [-0.39, 0.29) is 16.9 Å². The van der Waals surface area contributed by atoms with Crippen LogP contribution in [0.15, 0.2) is 35.7 Å². The molecule has 1 atom stereocenters. The van der Waals surface area contributed by atoms with Crippen LogP contribution in [0.3, 0.4) is 0 Å². The van der Waals surface area contributed by atoms with Gasteiger partial charge in [0.1, 0.15) is 5.82 Å². The zero-order valence-corrected chi connectivity index (χ0v) is 13.1. The number of aryl methyl sites for hydroxylation is 1. The first-order valence-electron chi connectivity index (χ1n) is 6.83. The van der Waals surface area contributed by atoms with Crippen LogP contribution in [0.25, 0.3) is 0 Å². The molecule has 0 aliphatic heterocycles. The smallest absolute Gasteiger partial charge is 0.145 e. The third kappa shape index (κ3) is 4.30. The van der Waals surface area contributed by atoms with Crippen molar-refractivity contribution in [3.05, 3.63) is 57.0 Å². The second-order valence-corrected chi connectivity index (χ2v) is 6.31. The Morgan fingerprint density at radius 3 is 2.85 bits per heavy atom. The molecular formula is C16H19ClFNS. The molecule has 0 fully saturated rings. The Hall–Kier alpha value is -0.900. The van der Waals surface area contributed by atoms with Gasteiger partial charge in [0.2, 0.25) is 0 Å². The van der Waals surface area contributed by atoms with E-state index >= 15 is 0 Å². The van der Waals surface area contributed by atoms with Crippen LogP contribution < -0.4 is 5.32 Å². The van der Waals surface area contributed by atoms with E-state index in [9.17, 15) is 4.39 Å². The second kappa shape index (κ2) is 7.77. The van der Waals surface area contributed by atoms with Crippen molar-refractivity contribution in [2.45, 2.75) is 31.7 Å². The molecule has 4 heteroatoms. The highest BCUT2D eigenvalue weighted by atomic mass is 35.5. The molecule has 1 N–H and O–H groups in total. The van der Waals surface area contributed by atoms with Gasteiger partial charge in [-0.15, -0.1) is 11.3 Å². The Labute approximate surface area is 128 Å². The Kier molecular flexibility index (Phi) is 6.02. The van der Waals surface area contributed by atoms with Crippen LogP contribution in [0, 0.1) is 5.82 Å². The summed E-state index contributed by atoms with van der Waals surface area (Å²) in [5, 5.41) is 5.58. The van der Waals surface area contributed by atoms with E-state index < -0.39 is 0 Å². The van der Waals surface area contributed by atoms with Crippen LogP contribution in [-0.2, 0) is 12.8 Å². The summed E-state index contributed by atoms with van der Waals surface area (Å²) in [6, 6.07) is 9.73. The van der Waals surface area contributed by atoms with Crippen molar-refractivity contribution >= 4 is 22.9 Å². The van der Waals surface area contributed by atoms with Crippen molar-refractivity contribution < 1.29 is 4.39 Å². The SMILES string of the molecule is CNC(CCCc1cccs1)Cc1cccc(Cl)c1F. The van der Waals surface area contributed by atoms with Crippen molar-refractivity contribution in [2.24, 2.45) is 0 Å². The molecule has 0 bridgehead atoms. The number of hydrogen-bond acceptors (Lipinski definition) is 2. The van der Waals surface area contributed by atoms with Gasteiger partial charge in [-0.1, -0.05) is 29.8 Å². The van der Waals surface area contributed by atoms with E-state index in [0.717, 1.165) is 19.3 Å². The Bertz CT molecular complexity index is 527. The fourth-order valence-electron chi connectivity index (χ4n) is 2.30. The number of benzene rings is 1. The summed E-state index contributed by atoms with van der Waals surface area (Å²) in [5.41, 5.74) is 0.688. The molecule has 0 saturated carbocycles. The van der Waals surface area contributed by atoms with Crippen LogP contribution in [0.4, 0.5) is 4.39 Å². The molecule has 1 unspecified atom stereocenters. The standard InChI is InChI=1S/C16H19ClFNS/c1-19-13(6-3-7-14-8-4-10-20-14)11-12-5-2-9-15(17)16(12)18/h2,4-5,8-10,13,19H,3,6-7,11H2,1H3. The summed E-state index contributed by atoms with van der Waals surface area (Å²) >= 11 is 7.61. The largest absolute Gasteiger partial charge is 0.317 e. The summed E-state index contributed by atoms with van der Waals surface area (Å²) in [7, 11) is 1.93. The first-order chi connectivity index (χ1) is 9.70. The van der Waals surface area contributed by atoms with Crippen molar-refractivity contribution in [2.75, 3.05) is 7.05 Å². The maximum atomic E-state index is 13.9. The van der Waals surface area contributed by atoms with Crippen LogP contribution in [0.5, 0.6) is 0 Å². The van der Waals surface area contributed by atoms with E-state index in [2.05, 4.69) is 22.8 Å². The first-order valence-corrected chi connectivity index (χ1v) is 8.09. The molecule has 108 valence electrons. The van der Waals surface area contributed by atoms with Gasteiger partial charge in [0, 0.05) is 10.9 Å². The van der Waals surface area contributed by atoms with Gasteiger partial charge in [-0.25, -0.2) is 4.39 Å². The first kappa shape index (κ1) is 15.5. The van der Waals surface area contributed by atoms with Crippen LogP contribution >= 0.6 is 22.9 Å². The summed E-state index contributed by atoms with van der Waals surface area (Å²) in [5.74, 6) is -0.285. The minimum atomic E-state index is -0.285. The number of hydrogen-bond donors (Lipinski definition) is 1. The third-order valence-corrected chi connectivity index (χ3v) is 4.69. The third-order valence-electron chi connectivity index (χ3n) is 3.46. The lowest BCUT2D eigenvalue weighted by Gasteiger charge is -2.16. The lowest BCUT2D eigenvalue weighted by atomic mass is 10.0. The highest BCUT2D eigenvalue weighted by molar-refractivity contribution is 7.09. The number of likely N-dealkylation sites (N-methyl/N-ethyl adjacent to an activating group) is 1. The lowest BCUT2D eigenvalue weighted by Crippen LogP contribution is -2.28. The number of rotatable bonds is 7. The predicted molar refractivity (Wildman–Crippen MR) is 85.2 cm³/mol. The summed E-state index contributed by atoms with van der Waals surface area (Å²) in [6.45, 7) is 0. The maximum absolute atomic E-state index is 13.9. The molecule has 20 heavy (non-hydrogen) atoms. The van der Waals surface area contributed by atoms with Crippen LogP contribution in [-0.4, -0.2) is 13.1 Å². The molecule has 1 heterocycles. The summed E-state index contributed by atoms with van der Waals surface area (Å²) < 4.78 is 13.9. The number of nitrogens with one attached hydrogen (secondary N) is 1. The minimum absolute atomic E-state index is 0.205. The van der Waals surface area contributed by atoms with Gasteiger partial charge < -0.3 is 5.32 Å². The fourth-order valence-corrected chi connectivity index (χ4v) is 3.24. The zero-order chi connectivity index (χ0) is 14.4. The number of thiophene rings is 1. The highest BCUT2D eigenvalue weighted by Crippen LogP contribution is 2.20. The molecule has 2 rings (SSSR count). The Morgan fingerprint density at radius 1 is 1.30 bits per heavy atom. The van der Waals surface area contributed by atoms with E-state index in [4.69, 9.17) is 11.6 Å². The number of halogens is 2. The second-order valence-electron chi connectivity index (χ2n) is 4.87. The van der Waals surface area contributed by atoms with E-state index in [0.29, 0.717) is 12.0 Å². The van der Waals surface area contributed by atoms with Gasteiger partial charge in [-0.05, 0) is 55.8 Å². The predicted octanol–water partition coefficient (Wildman–Crippen LogP) is 4.69. The molecule has 1 aromatic carbocycles. The molecule has 1 nitrogen and oxygen atoms in total. The van der Waals surface area contributed by atoms with Crippen molar-refractivity contribution in [1.82, 2.24) is 5.32 Å². The van der Waals surface area contributed by atoms with Gasteiger partial charge in [-0.3, -0.25) is 0 Å². The highest BCUT2D eigenvalue weighted by Gasteiger charge is 2.12. The van der Waals surface area contributed by atoms with Gasteiger partial charge >= 0.3 is 0 Å². The van der Waals surface area contributed by atoms with Gasteiger partial charge in [-0.2, -0.15) is 0 Å². The van der Waals surface area contributed by atoms with Crippen molar-refractivity contribution in [1.29, 1.82) is 0 Å². The summed E-state index contributed by atoms with van der Waals surface area (Å²) in [6.07, 6.45) is 3.90. The van der Waals surface area contributed by atoms with E-state index in [1.54, 1.807) is 23.5 Å². The van der Waals surface area contributed by atoms with Gasteiger partial charge in [0.25, 0.3) is 0 Å². The molecule has 0 radical (unpaired) electrons. The molecule has 0 amide bonds. The van der Waals surface area contributed by atoms with E-state index in [1.165, 1.54) is 4.88 Å². The minimum Gasteiger partial charge on any atom is -0.317 e. The topological polar surface area (TPSA) is 12.0 Å². The molecule has 1 aromatic heterocycles. The monoisotopic (exact) mass is 311 g/mol. The fraction of sp³-hybridized carbons (Fsp3) is 0.375. The lowest BCUT2D eigenvalue weighted by molar-refractivity contribution is 0.490. The van der Waals surface area contributed by atoms with Crippen LogP contribution in [0.1, 0.15) is 23.3 Å². The Balaban J connectivity index is 1.87. The van der Waals surface area contributed by atoms with Crippen LogP contribution in [0.2, 0.25) is 5.02 Å².